The SMILES string of the molecule is CCC[C@@H](CCO)Nc1nc(N)nc2cnn(Cc3nc(C4CCN(C5CCOCC5)CC4)ccc3OC)c12. The quantitative estimate of drug-likeness (QED) is 0.334. The predicted octanol–water partition coefficient (Wildman–Crippen LogP) is 3.18. The number of methoxy groups -OCH3 is 1. The van der Waals surface area contributed by atoms with Gasteiger partial charge in [-0.1, -0.05) is 13.3 Å². The summed E-state index contributed by atoms with van der Waals surface area (Å²) in [6, 6.07) is 4.86. The van der Waals surface area contributed by atoms with E-state index in [0.717, 1.165) is 87.5 Å². The Morgan fingerprint density at radius 1 is 1.13 bits per heavy atom. The van der Waals surface area contributed by atoms with Gasteiger partial charge in [-0.05, 0) is 63.7 Å². The predicted molar refractivity (Wildman–Crippen MR) is 151 cm³/mol. The van der Waals surface area contributed by atoms with Crippen LogP contribution in [0.5, 0.6) is 5.75 Å². The van der Waals surface area contributed by atoms with Crippen molar-refractivity contribution in [1.82, 2.24) is 29.6 Å². The second-order valence-corrected chi connectivity index (χ2v) is 10.6. The van der Waals surface area contributed by atoms with Crippen LogP contribution in [0.15, 0.2) is 18.3 Å². The van der Waals surface area contributed by atoms with Crippen molar-refractivity contribution in [2.75, 3.05) is 51.1 Å². The van der Waals surface area contributed by atoms with E-state index in [0.29, 0.717) is 36.3 Å². The van der Waals surface area contributed by atoms with E-state index in [1.807, 2.05) is 10.7 Å². The number of rotatable bonds is 11. The van der Waals surface area contributed by atoms with Gasteiger partial charge in [0, 0.05) is 43.5 Å². The number of hydrogen-bond acceptors (Lipinski definition) is 10. The number of fused-ring (bicyclic) bond motifs is 1. The van der Waals surface area contributed by atoms with Gasteiger partial charge in [-0.2, -0.15) is 10.1 Å². The van der Waals surface area contributed by atoms with Crippen LogP contribution in [0.2, 0.25) is 0 Å². The maximum absolute atomic E-state index is 9.55. The zero-order valence-electron chi connectivity index (χ0n) is 23.2. The molecule has 11 nitrogen and oxygen atoms in total. The van der Waals surface area contributed by atoms with E-state index in [1.165, 1.54) is 0 Å². The molecule has 0 saturated carbocycles. The number of anilines is 2. The summed E-state index contributed by atoms with van der Waals surface area (Å²) in [7, 11) is 1.68. The van der Waals surface area contributed by atoms with Crippen LogP contribution in [0.1, 0.15) is 69.2 Å². The fraction of sp³-hybridized carbons (Fsp3) is 0.643. The highest BCUT2D eigenvalue weighted by atomic mass is 16.5. The Labute approximate surface area is 230 Å². The second-order valence-electron chi connectivity index (χ2n) is 10.6. The van der Waals surface area contributed by atoms with Crippen LogP contribution in [0.3, 0.4) is 0 Å². The van der Waals surface area contributed by atoms with Gasteiger partial charge in [0.15, 0.2) is 5.82 Å². The van der Waals surface area contributed by atoms with Crippen LogP contribution in [0.25, 0.3) is 11.0 Å². The Kier molecular flexibility index (Phi) is 9.10. The number of nitrogens with zero attached hydrogens (tertiary/aromatic N) is 6. The van der Waals surface area contributed by atoms with E-state index < -0.39 is 0 Å². The summed E-state index contributed by atoms with van der Waals surface area (Å²) in [5, 5.41) is 17.7. The van der Waals surface area contributed by atoms with E-state index in [4.69, 9.17) is 20.2 Å². The molecule has 0 aliphatic carbocycles. The number of nitrogens with two attached hydrogens (primary N) is 1. The topological polar surface area (TPSA) is 136 Å². The van der Waals surface area contributed by atoms with Gasteiger partial charge in [0.2, 0.25) is 5.95 Å². The Morgan fingerprint density at radius 2 is 1.92 bits per heavy atom. The standard InChI is InChI=1S/C28H42N8O3/c1-3-4-20(9-14-37)31-27-26-23(33-28(29)34-27)17-30-36(26)18-24-25(38-2)6-5-22(32-24)19-7-12-35(13-8-19)21-10-15-39-16-11-21/h5-6,17,19-21,37H,3-4,7-16,18H2,1-2H3,(H3,29,31,33,34)/t20-/m0/s1. The highest BCUT2D eigenvalue weighted by molar-refractivity contribution is 5.86. The molecule has 3 aromatic heterocycles. The van der Waals surface area contributed by atoms with Crippen LogP contribution in [-0.2, 0) is 11.3 Å². The average molecular weight is 539 g/mol. The minimum atomic E-state index is 0.0730. The number of hydrogen-bond donors (Lipinski definition) is 3. The van der Waals surface area contributed by atoms with Gasteiger partial charge >= 0.3 is 0 Å². The molecule has 2 aliphatic rings. The van der Waals surface area contributed by atoms with Crippen LogP contribution >= 0.6 is 0 Å². The lowest BCUT2D eigenvalue weighted by atomic mass is 9.91. The third-order valence-electron chi connectivity index (χ3n) is 8.09. The number of pyridine rings is 1. The van der Waals surface area contributed by atoms with Gasteiger partial charge in [0.05, 0.1) is 19.9 Å². The van der Waals surface area contributed by atoms with Crippen LogP contribution < -0.4 is 15.8 Å². The monoisotopic (exact) mass is 538 g/mol. The normalized spacial score (nSPS) is 18.4. The van der Waals surface area contributed by atoms with E-state index >= 15 is 0 Å². The third-order valence-corrected chi connectivity index (χ3v) is 8.09. The zero-order valence-corrected chi connectivity index (χ0v) is 23.2. The smallest absolute Gasteiger partial charge is 0.222 e. The molecule has 4 N–H and O–H groups in total. The molecular weight excluding hydrogens is 496 g/mol. The van der Waals surface area contributed by atoms with Crippen LogP contribution in [0, 0.1) is 0 Å². The first-order valence-electron chi connectivity index (χ1n) is 14.3. The molecule has 0 unspecified atom stereocenters. The number of ether oxygens (including phenoxy) is 2. The first-order valence-corrected chi connectivity index (χ1v) is 14.3. The molecule has 212 valence electrons. The van der Waals surface area contributed by atoms with Gasteiger partial charge in [-0.3, -0.25) is 9.67 Å². The molecule has 0 spiro atoms. The number of nitrogen functional groups attached to an aromatic ring is 1. The first kappa shape index (κ1) is 27.5. The molecule has 1 atom stereocenters. The van der Waals surface area contributed by atoms with Crippen molar-refractivity contribution in [1.29, 1.82) is 0 Å². The fourth-order valence-corrected chi connectivity index (χ4v) is 6.01. The maximum atomic E-state index is 9.55. The molecular formula is C28H42N8O3. The lowest BCUT2D eigenvalue weighted by Crippen LogP contribution is -2.43. The Morgan fingerprint density at radius 3 is 2.64 bits per heavy atom. The molecule has 5 heterocycles. The lowest BCUT2D eigenvalue weighted by molar-refractivity contribution is 0.0250. The molecule has 2 aliphatic heterocycles. The van der Waals surface area contributed by atoms with E-state index in [-0.39, 0.29) is 18.6 Å². The molecule has 2 saturated heterocycles. The van der Waals surface area contributed by atoms with Gasteiger partial charge in [-0.25, -0.2) is 4.98 Å². The zero-order chi connectivity index (χ0) is 27.2. The Balaban J connectivity index is 1.37. The fourth-order valence-electron chi connectivity index (χ4n) is 6.01. The second kappa shape index (κ2) is 12.9. The minimum Gasteiger partial charge on any atom is -0.495 e. The van der Waals surface area contributed by atoms with Crippen molar-refractivity contribution in [2.45, 2.75) is 76.4 Å². The number of likely N-dealkylation sites (tertiary alicyclic amines) is 1. The number of aliphatic hydroxyl groups is 1. The van der Waals surface area contributed by atoms with Crippen LogP contribution in [0.4, 0.5) is 11.8 Å². The molecule has 3 aromatic rings. The number of aromatic nitrogens is 5. The molecule has 0 aromatic carbocycles. The largest absolute Gasteiger partial charge is 0.495 e. The first-order chi connectivity index (χ1) is 19.1. The summed E-state index contributed by atoms with van der Waals surface area (Å²) in [6.07, 6.45) is 8.71. The highest BCUT2D eigenvalue weighted by Crippen LogP contribution is 2.32. The Hall–Kier alpha value is -3.02. The summed E-state index contributed by atoms with van der Waals surface area (Å²) in [6.45, 7) is 6.60. The molecule has 5 rings (SSSR count). The summed E-state index contributed by atoms with van der Waals surface area (Å²) in [5.41, 5.74) is 9.40. The molecule has 2 fully saturated rings. The number of aliphatic hydroxyl groups excluding tert-OH is 1. The van der Waals surface area contributed by atoms with Crippen LogP contribution in [-0.4, -0.2) is 86.8 Å². The molecule has 0 amide bonds. The number of nitrogens with one attached hydrogen (secondary N) is 1. The summed E-state index contributed by atoms with van der Waals surface area (Å²) in [4.78, 5) is 16.7. The third kappa shape index (κ3) is 6.42. The molecule has 11 heteroatoms. The van der Waals surface area contributed by atoms with Gasteiger partial charge in [-0.15, -0.1) is 0 Å². The summed E-state index contributed by atoms with van der Waals surface area (Å²) < 4.78 is 13.1. The average Bonchev–Trinajstić information content (AvgIpc) is 3.36. The van der Waals surface area contributed by atoms with Crippen molar-refractivity contribution >= 4 is 22.8 Å². The van der Waals surface area contributed by atoms with Crippen molar-refractivity contribution in [2.24, 2.45) is 0 Å². The molecule has 0 radical (unpaired) electrons. The highest BCUT2D eigenvalue weighted by Gasteiger charge is 2.28. The molecule has 39 heavy (non-hydrogen) atoms. The van der Waals surface area contributed by atoms with Gasteiger partial charge < -0.3 is 30.5 Å². The van der Waals surface area contributed by atoms with Gasteiger partial charge in [0.25, 0.3) is 0 Å². The van der Waals surface area contributed by atoms with Gasteiger partial charge in [0.1, 0.15) is 22.5 Å². The van der Waals surface area contributed by atoms with E-state index in [2.05, 4.69) is 38.3 Å². The maximum Gasteiger partial charge on any atom is 0.222 e. The van der Waals surface area contributed by atoms with E-state index in [1.54, 1.807) is 13.3 Å². The van der Waals surface area contributed by atoms with E-state index in [9.17, 15) is 5.11 Å². The molecule has 0 bridgehead atoms. The summed E-state index contributed by atoms with van der Waals surface area (Å²) >= 11 is 0. The Bertz CT molecular complexity index is 1210. The lowest BCUT2D eigenvalue weighted by Gasteiger charge is -2.39. The summed E-state index contributed by atoms with van der Waals surface area (Å²) in [5.74, 6) is 1.97. The minimum absolute atomic E-state index is 0.0730. The van der Waals surface area contributed by atoms with Crippen molar-refractivity contribution in [3.63, 3.8) is 0 Å². The van der Waals surface area contributed by atoms with Crippen molar-refractivity contribution in [3.8, 4) is 5.75 Å². The number of piperidine rings is 1. The van der Waals surface area contributed by atoms with Crippen molar-refractivity contribution in [3.05, 3.63) is 29.7 Å². The van der Waals surface area contributed by atoms with Crippen molar-refractivity contribution < 1.29 is 14.6 Å².